The molecule has 1 aromatic heterocycles. The quantitative estimate of drug-likeness (QED) is 0.646. The van der Waals surface area contributed by atoms with Crippen LogP contribution in [0.2, 0.25) is 0 Å². The molecule has 0 aliphatic carbocycles. The molecule has 116 valence electrons. The molecule has 0 aliphatic rings. The number of amides is 2. The Morgan fingerprint density at radius 1 is 1.41 bits per heavy atom. The molecular formula is C12H13N5O5. The number of fused-ring (bicyclic) bond motifs is 1. The standard InChI is InChI=1S/C12H13N5O5/c1-6-4-7(17(21)22)5-8-9(6)13-10(11(18)15(2)3)16(8)14-12(19)20/h4-5,14H,1-3H3,(H,19,20). The summed E-state index contributed by atoms with van der Waals surface area (Å²) in [5.74, 6) is -0.710. The van der Waals surface area contributed by atoms with E-state index in [1.165, 1.54) is 25.1 Å². The van der Waals surface area contributed by atoms with E-state index in [2.05, 4.69) is 4.98 Å². The number of carbonyl (C=O) groups excluding carboxylic acids is 1. The fraction of sp³-hybridized carbons (Fsp3) is 0.250. The molecular weight excluding hydrogens is 294 g/mol. The van der Waals surface area contributed by atoms with E-state index in [9.17, 15) is 19.7 Å². The summed E-state index contributed by atoms with van der Waals surface area (Å²) < 4.78 is 0.931. The van der Waals surface area contributed by atoms with Gasteiger partial charge in [-0.05, 0) is 12.5 Å². The van der Waals surface area contributed by atoms with Crippen LogP contribution >= 0.6 is 0 Å². The third-order valence-corrected chi connectivity index (χ3v) is 2.95. The monoisotopic (exact) mass is 307 g/mol. The summed E-state index contributed by atoms with van der Waals surface area (Å²) in [7, 11) is 2.98. The molecule has 0 aliphatic heterocycles. The van der Waals surface area contributed by atoms with Gasteiger partial charge >= 0.3 is 6.09 Å². The van der Waals surface area contributed by atoms with Gasteiger partial charge in [-0.1, -0.05) is 0 Å². The first kappa shape index (κ1) is 15.2. The number of hydrogen-bond donors (Lipinski definition) is 2. The van der Waals surface area contributed by atoms with Crippen molar-refractivity contribution < 1.29 is 19.6 Å². The average Bonchev–Trinajstić information content (AvgIpc) is 2.76. The number of nitro benzene ring substituents is 1. The van der Waals surface area contributed by atoms with Gasteiger partial charge < -0.3 is 10.0 Å². The zero-order chi connectivity index (χ0) is 16.6. The van der Waals surface area contributed by atoms with Crippen LogP contribution < -0.4 is 5.43 Å². The Balaban J connectivity index is 2.80. The summed E-state index contributed by atoms with van der Waals surface area (Å²) in [5.41, 5.74) is 2.72. The number of carbonyl (C=O) groups is 2. The predicted molar refractivity (Wildman–Crippen MR) is 76.5 cm³/mol. The van der Waals surface area contributed by atoms with Crippen molar-refractivity contribution >= 4 is 28.7 Å². The van der Waals surface area contributed by atoms with Crippen LogP contribution in [-0.4, -0.2) is 50.7 Å². The van der Waals surface area contributed by atoms with Gasteiger partial charge in [-0.2, -0.15) is 0 Å². The zero-order valence-electron chi connectivity index (χ0n) is 12.0. The lowest BCUT2D eigenvalue weighted by Crippen LogP contribution is -2.30. The van der Waals surface area contributed by atoms with Crippen molar-refractivity contribution in [1.82, 2.24) is 14.6 Å². The van der Waals surface area contributed by atoms with Crippen molar-refractivity contribution in [3.05, 3.63) is 33.6 Å². The molecule has 0 radical (unpaired) electrons. The van der Waals surface area contributed by atoms with Gasteiger partial charge in [0.2, 0.25) is 5.82 Å². The van der Waals surface area contributed by atoms with E-state index in [0.29, 0.717) is 11.1 Å². The number of benzene rings is 1. The van der Waals surface area contributed by atoms with Gasteiger partial charge in [0.1, 0.15) is 0 Å². The molecule has 22 heavy (non-hydrogen) atoms. The molecule has 2 aromatic rings. The van der Waals surface area contributed by atoms with E-state index in [0.717, 1.165) is 10.7 Å². The van der Waals surface area contributed by atoms with Crippen LogP contribution in [0.1, 0.15) is 16.2 Å². The minimum absolute atomic E-state index is 0.138. The Hall–Kier alpha value is -3.17. The molecule has 0 bridgehead atoms. The molecule has 0 unspecified atom stereocenters. The molecule has 0 saturated heterocycles. The number of imidazole rings is 1. The van der Waals surface area contributed by atoms with Crippen molar-refractivity contribution in [3.8, 4) is 0 Å². The second kappa shape index (κ2) is 5.31. The van der Waals surface area contributed by atoms with Crippen LogP contribution in [0.4, 0.5) is 10.5 Å². The molecule has 0 fully saturated rings. The van der Waals surface area contributed by atoms with E-state index in [1.807, 2.05) is 5.43 Å². The third kappa shape index (κ3) is 2.53. The SMILES string of the molecule is Cc1cc([N+](=O)[O-])cc2c1nc(C(=O)N(C)C)n2NC(=O)O. The van der Waals surface area contributed by atoms with E-state index >= 15 is 0 Å². The van der Waals surface area contributed by atoms with Gasteiger partial charge in [-0.15, -0.1) is 0 Å². The highest BCUT2D eigenvalue weighted by Crippen LogP contribution is 2.25. The van der Waals surface area contributed by atoms with Crippen LogP contribution in [-0.2, 0) is 0 Å². The Morgan fingerprint density at radius 2 is 2.05 bits per heavy atom. The van der Waals surface area contributed by atoms with E-state index in [4.69, 9.17) is 5.11 Å². The Labute approximate surface area is 124 Å². The fourth-order valence-corrected chi connectivity index (χ4v) is 1.99. The number of aryl methyl sites for hydroxylation is 1. The molecule has 2 rings (SSSR count). The number of carboxylic acid groups (broad SMARTS) is 1. The van der Waals surface area contributed by atoms with Gasteiger partial charge in [0.25, 0.3) is 11.6 Å². The minimum Gasteiger partial charge on any atom is -0.464 e. The first-order valence-electron chi connectivity index (χ1n) is 6.11. The van der Waals surface area contributed by atoms with Gasteiger partial charge in [0.15, 0.2) is 0 Å². The summed E-state index contributed by atoms with van der Waals surface area (Å²) >= 11 is 0. The molecule has 1 heterocycles. The van der Waals surface area contributed by atoms with Gasteiger partial charge in [0.05, 0.1) is 16.0 Å². The Kier molecular flexibility index (Phi) is 3.68. The maximum Gasteiger partial charge on any atom is 0.424 e. The van der Waals surface area contributed by atoms with Crippen LogP contribution in [0.15, 0.2) is 12.1 Å². The highest BCUT2D eigenvalue weighted by Gasteiger charge is 2.23. The van der Waals surface area contributed by atoms with Gasteiger partial charge in [0, 0.05) is 26.2 Å². The van der Waals surface area contributed by atoms with Crippen LogP contribution in [0, 0.1) is 17.0 Å². The van der Waals surface area contributed by atoms with Crippen molar-refractivity contribution in [2.24, 2.45) is 0 Å². The summed E-state index contributed by atoms with van der Waals surface area (Å²) in [5, 5.41) is 19.9. The largest absolute Gasteiger partial charge is 0.464 e. The molecule has 10 nitrogen and oxygen atoms in total. The molecule has 2 N–H and O–H groups in total. The highest BCUT2D eigenvalue weighted by molar-refractivity contribution is 5.97. The van der Waals surface area contributed by atoms with Crippen LogP contribution in [0.3, 0.4) is 0 Å². The van der Waals surface area contributed by atoms with E-state index in [1.54, 1.807) is 6.92 Å². The van der Waals surface area contributed by atoms with Crippen molar-refractivity contribution in [2.75, 3.05) is 19.5 Å². The fourth-order valence-electron chi connectivity index (χ4n) is 1.99. The average molecular weight is 307 g/mol. The maximum absolute atomic E-state index is 12.1. The first-order chi connectivity index (χ1) is 10.2. The molecule has 0 atom stereocenters. The van der Waals surface area contributed by atoms with Crippen LogP contribution in [0.25, 0.3) is 11.0 Å². The zero-order valence-corrected chi connectivity index (χ0v) is 12.0. The summed E-state index contributed by atoms with van der Waals surface area (Å²) in [4.78, 5) is 38.7. The first-order valence-corrected chi connectivity index (χ1v) is 6.11. The normalized spacial score (nSPS) is 10.5. The molecule has 10 heteroatoms. The number of nitrogens with zero attached hydrogens (tertiary/aromatic N) is 4. The maximum atomic E-state index is 12.1. The van der Waals surface area contributed by atoms with E-state index in [-0.39, 0.29) is 17.0 Å². The smallest absolute Gasteiger partial charge is 0.424 e. The Bertz CT molecular complexity index is 795. The number of non-ortho nitro benzene ring substituents is 1. The van der Waals surface area contributed by atoms with Crippen molar-refractivity contribution in [3.63, 3.8) is 0 Å². The number of aromatic nitrogens is 2. The van der Waals surface area contributed by atoms with Gasteiger partial charge in [-0.3, -0.25) is 14.9 Å². The highest BCUT2D eigenvalue weighted by atomic mass is 16.6. The minimum atomic E-state index is -1.42. The topological polar surface area (TPSA) is 131 Å². The second-order valence-electron chi connectivity index (χ2n) is 4.77. The number of hydrogen-bond acceptors (Lipinski definition) is 5. The number of nitro groups is 1. The molecule has 1 aromatic carbocycles. The lowest BCUT2D eigenvalue weighted by Gasteiger charge is -2.11. The van der Waals surface area contributed by atoms with Crippen molar-refractivity contribution in [2.45, 2.75) is 6.92 Å². The molecule has 0 spiro atoms. The predicted octanol–water partition coefficient (Wildman–Crippen LogP) is 1.18. The lowest BCUT2D eigenvalue weighted by atomic mass is 10.2. The number of nitrogens with one attached hydrogen (secondary N) is 1. The second-order valence-corrected chi connectivity index (χ2v) is 4.77. The van der Waals surface area contributed by atoms with Crippen LogP contribution in [0.5, 0.6) is 0 Å². The summed E-state index contributed by atoms with van der Waals surface area (Å²) in [6.07, 6.45) is -1.42. The molecule has 2 amide bonds. The number of rotatable bonds is 3. The molecule has 0 saturated carbocycles. The Morgan fingerprint density at radius 3 is 2.55 bits per heavy atom. The third-order valence-electron chi connectivity index (χ3n) is 2.95. The van der Waals surface area contributed by atoms with E-state index < -0.39 is 16.9 Å². The lowest BCUT2D eigenvalue weighted by molar-refractivity contribution is -0.384. The van der Waals surface area contributed by atoms with Crippen molar-refractivity contribution in [1.29, 1.82) is 0 Å². The van der Waals surface area contributed by atoms with Gasteiger partial charge in [-0.25, -0.2) is 19.9 Å². The summed E-state index contributed by atoms with van der Waals surface area (Å²) in [6.45, 7) is 1.59. The summed E-state index contributed by atoms with van der Waals surface area (Å²) in [6, 6.07) is 2.47.